The van der Waals surface area contributed by atoms with Crippen molar-refractivity contribution in [2.75, 3.05) is 11.4 Å². The average molecular weight is 430 g/mol. The second-order valence-electron chi connectivity index (χ2n) is 6.95. The summed E-state index contributed by atoms with van der Waals surface area (Å²) in [4.78, 5) is 14.5. The summed E-state index contributed by atoms with van der Waals surface area (Å²) in [5, 5.41) is 10.6. The van der Waals surface area contributed by atoms with Crippen LogP contribution in [-0.4, -0.2) is 23.7 Å². The van der Waals surface area contributed by atoms with Gasteiger partial charge in [0.15, 0.2) is 6.10 Å². The quantitative estimate of drug-likeness (QED) is 0.581. The zero-order valence-corrected chi connectivity index (χ0v) is 17.1. The highest BCUT2D eigenvalue weighted by atomic mass is 19.4. The number of nitrogens with zero attached hydrogens (tertiary/aromatic N) is 1. The van der Waals surface area contributed by atoms with Crippen LogP contribution in [0.1, 0.15) is 23.7 Å². The van der Waals surface area contributed by atoms with Gasteiger partial charge in [-0.15, -0.1) is 0 Å². The van der Waals surface area contributed by atoms with E-state index in [2.05, 4.69) is 6.58 Å². The summed E-state index contributed by atoms with van der Waals surface area (Å²) in [6.45, 7) is 5.65. The van der Waals surface area contributed by atoms with E-state index in [0.717, 1.165) is 11.6 Å². The van der Waals surface area contributed by atoms with Gasteiger partial charge in [0.2, 0.25) is 0 Å². The Morgan fingerprint density at radius 3 is 2.29 bits per heavy atom. The molecule has 1 unspecified atom stereocenters. The third-order valence-electron chi connectivity index (χ3n) is 4.65. The van der Waals surface area contributed by atoms with Crippen molar-refractivity contribution in [3.8, 4) is 0 Å². The van der Waals surface area contributed by atoms with E-state index < -0.39 is 23.9 Å². The number of anilines is 1. The maximum Gasteiger partial charge on any atom is 0.430 e. The number of aryl methyl sites for hydroxylation is 1. The largest absolute Gasteiger partial charge is 0.430 e. The molecule has 164 valence electrons. The molecule has 0 aliphatic rings. The van der Waals surface area contributed by atoms with Gasteiger partial charge < -0.3 is 15.7 Å². The highest BCUT2D eigenvalue weighted by molar-refractivity contribution is 5.97. The molecule has 0 heterocycles. The van der Waals surface area contributed by atoms with Gasteiger partial charge in [0.05, 0.1) is 0 Å². The van der Waals surface area contributed by atoms with Crippen LogP contribution in [0.3, 0.4) is 0 Å². The molecule has 2 aromatic carbocycles. The lowest BCUT2D eigenvalue weighted by molar-refractivity contribution is -0.126. The molecule has 0 saturated carbocycles. The molecule has 0 saturated heterocycles. The summed E-state index contributed by atoms with van der Waals surface area (Å²) in [6.07, 6.45) is -2.38. The summed E-state index contributed by atoms with van der Waals surface area (Å²) in [5.41, 5.74) is 6.28. The number of hydrogen-bond acceptors (Lipinski definition) is 3. The van der Waals surface area contributed by atoms with E-state index in [1.807, 2.05) is 19.1 Å². The van der Waals surface area contributed by atoms with E-state index in [-0.39, 0.29) is 13.0 Å². The molecule has 1 amide bonds. The van der Waals surface area contributed by atoms with Crippen LogP contribution in [0, 0.1) is 6.92 Å². The van der Waals surface area contributed by atoms with Gasteiger partial charge in [0.25, 0.3) is 5.91 Å². The monoisotopic (exact) mass is 430 g/mol. The second kappa shape index (κ2) is 10.6. The number of halogens is 3. The van der Waals surface area contributed by atoms with Gasteiger partial charge in [-0.05, 0) is 42.7 Å². The van der Waals surface area contributed by atoms with Gasteiger partial charge in [-0.1, -0.05) is 66.8 Å². The highest BCUT2D eigenvalue weighted by Gasteiger charge is 2.30. The number of aliphatic hydroxyl groups is 1. The lowest BCUT2D eigenvalue weighted by Crippen LogP contribution is -2.36. The van der Waals surface area contributed by atoms with Crippen molar-refractivity contribution in [2.45, 2.75) is 25.6 Å². The predicted molar refractivity (Wildman–Crippen MR) is 116 cm³/mol. The molecule has 7 heteroatoms. The van der Waals surface area contributed by atoms with Gasteiger partial charge in [0, 0.05) is 12.2 Å². The fraction of sp³-hybridized carbons (Fsp3) is 0.208. The summed E-state index contributed by atoms with van der Waals surface area (Å²) in [5.74, 6) is -0.538. The molecule has 0 aliphatic heterocycles. The second-order valence-corrected chi connectivity index (χ2v) is 6.95. The molecule has 2 aromatic rings. The number of hydrogen-bond donors (Lipinski definition) is 2. The number of allylic oxidation sites excluding steroid dienone is 4. The van der Waals surface area contributed by atoms with Gasteiger partial charge >= 0.3 is 6.18 Å². The van der Waals surface area contributed by atoms with Crippen molar-refractivity contribution in [3.63, 3.8) is 0 Å². The number of alkyl halides is 3. The Morgan fingerprint density at radius 1 is 1.13 bits per heavy atom. The number of benzene rings is 2. The third-order valence-corrected chi connectivity index (χ3v) is 4.65. The molecule has 1 atom stereocenters. The molecule has 0 fully saturated rings. The number of aliphatic hydroxyl groups excluding tert-OH is 1. The average Bonchev–Trinajstić information content (AvgIpc) is 2.76. The Balaban J connectivity index is 2.28. The van der Waals surface area contributed by atoms with Gasteiger partial charge in [0.1, 0.15) is 5.70 Å². The smallest absolute Gasteiger partial charge is 0.395 e. The first-order valence-corrected chi connectivity index (χ1v) is 9.60. The Morgan fingerprint density at radius 2 is 1.74 bits per heavy atom. The molecule has 0 radical (unpaired) electrons. The number of nitrogens with two attached hydrogens (primary N) is 1. The fourth-order valence-electron chi connectivity index (χ4n) is 2.80. The number of carbonyl (C=O) groups is 1. The van der Waals surface area contributed by atoms with Crippen molar-refractivity contribution >= 4 is 11.6 Å². The van der Waals surface area contributed by atoms with Gasteiger partial charge in [-0.2, -0.15) is 13.2 Å². The third kappa shape index (κ3) is 6.86. The molecule has 0 bridgehead atoms. The molecule has 0 aromatic heterocycles. The normalized spacial score (nSPS) is 13.6. The van der Waals surface area contributed by atoms with Crippen molar-refractivity contribution in [1.82, 2.24) is 0 Å². The lowest BCUT2D eigenvalue weighted by Gasteiger charge is -2.26. The first kappa shape index (κ1) is 24.0. The zero-order chi connectivity index (χ0) is 23.0. The van der Waals surface area contributed by atoms with Crippen molar-refractivity contribution < 1.29 is 23.1 Å². The Kier molecular flexibility index (Phi) is 8.22. The van der Waals surface area contributed by atoms with Crippen LogP contribution in [-0.2, 0) is 4.79 Å². The minimum absolute atomic E-state index is 0.128. The summed E-state index contributed by atoms with van der Waals surface area (Å²) >= 11 is 0. The molecule has 0 aliphatic carbocycles. The topological polar surface area (TPSA) is 66.6 Å². The van der Waals surface area contributed by atoms with E-state index in [1.165, 1.54) is 17.1 Å². The van der Waals surface area contributed by atoms with Crippen LogP contribution in [0.15, 0.2) is 90.7 Å². The predicted octanol–water partition coefficient (Wildman–Crippen LogP) is 4.97. The minimum Gasteiger partial charge on any atom is -0.395 e. The van der Waals surface area contributed by atoms with E-state index in [9.17, 15) is 23.1 Å². The van der Waals surface area contributed by atoms with Crippen LogP contribution < -0.4 is 10.6 Å². The van der Waals surface area contributed by atoms with Gasteiger partial charge in [-0.3, -0.25) is 4.79 Å². The Bertz CT molecular complexity index is 949. The zero-order valence-electron chi connectivity index (χ0n) is 17.1. The molecule has 0 spiro atoms. The highest BCUT2D eigenvalue weighted by Crippen LogP contribution is 2.24. The molecular formula is C24H25F3N2O2. The first-order valence-electron chi connectivity index (χ1n) is 9.60. The summed E-state index contributed by atoms with van der Waals surface area (Å²) < 4.78 is 37.8. The van der Waals surface area contributed by atoms with Gasteiger partial charge in [-0.25, -0.2) is 0 Å². The first-order chi connectivity index (χ1) is 14.6. The number of carbonyl (C=O) groups excluding carboxylic acids is 1. The summed E-state index contributed by atoms with van der Waals surface area (Å²) in [6, 6.07) is 15.7. The van der Waals surface area contributed by atoms with E-state index in [1.54, 1.807) is 42.5 Å². The maximum absolute atomic E-state index is 13.1. The fourth-order valence-corrected chi connectivity index (χ4v) is 2.80. The molecule has 3 N–H and O–H groups in total. The lowest BCUT2D eigenvalue weighted by atomic mass is 10.1. The van der Waals surface area contributed by atoms with Crippen molar-refractivity contribution in [1.29, 1.82) is 0 Å². The van der Waals surface area contributed by atoms with Crippen LogP contribution >= 0.6 is 0 Å². The van der Waals surface area contributed by atoms with Crippen LogP contribution in [0.25, 0.3) is 0 Å². The number of amides is 1. The standard InChI is InChI=1S/C24H25F3N2O2/c1-3-18(11-14-21(28)24(25,26)27)15-16-29(20-12-9-17(2)10-13-20)23(31)22(30)19-7-5-4-6-8-19/h3-14,22,30H,1,15-16,28H2,2H3/b18-11+,21-14-. The van der Waals surface area contributed by atoms with E-state index in [4.69, 9.17) is 5.73 Å². The Labute approximate surface area is 179 Å². The summed E-state index contributed by atoms with van der Waals surface area (Å²) in [7, 11) is 0. The molecular weight excluding hydrogens is 405 g/mol. The molecule has 2 rings (SSSR count). The van der Waals surface area contributed by atoms with Crippen molar-refractivity contribution in [2.24, 2.45) is 5.73 Å². The number of rotatable bonds is 8. The maximum atomic E-state index is 13.1. The van der Waals surface area contributed by atoms with Crippen LogP contribution in [0.4, 0.5) is 18.9 Å². The van der Waals surface area contributed by atoms with Crippen LogP contribution in [0.2, 0.25) is 0 Å². The molecule has 31 heavy (non-hydrogen) atoms. The molecule has 4 nitrogen and oxygen atoms in total. The van der Waals surface area contributed by atoms with E-state index >= 15 is 0 Å². The van der Waals surface area contributed by atoms with Crippen molar-refractivity contribution in [3.05, 3.63) is 102 Å². The van der Waals surface area contributed by atoms with Crippen LogP contribution in [0.5, 0.6) is 0 Å². The Hall–Kier alpha value is -3.32. The van der Waals surface area contributed by atoms with E-state index in [0.29, 0.717) is 16.8 Å². The SMILES string of the molecule is C=C/C(=C\C=C(/N)C(F)(F)F)CCN(C(=O)C(O)c1ccccc1)c1ccc(C)cc1. The minimum atomic E-state index is -4.62.